The van der Waals surface area contributed by atoms with Gasteiger partial charge in [0.1, 0.15) is 6.10 Å². The molecule has 0 aliphatic heterocycles. The van der Waals surface area contributed by atoms with E-state index >= 15 is 0 Å². The van der Waals surface area contributed by atoms with E-state index in [1.54, 1.807) is 0 Å². The molecule has 4 heteroatoms. The van der Waals surface area contributed by atoms with Gasteiger partial charge in [0.05, 0.1) is 13.1 Å². The van der Waals surface area contributed by atoms with Crippen LogP contribution in [0, 0.1) is 0 Å². The highest BCUT2D eigenvalue weighted by molar-refractivity contribution is 6.84. The third-order valence-electron chi connectivity index (χ3n) is 2.31. The molecule has 0 aliphatic rings. The summed E-state index contributed by atoms with van der Waals surface area (Å²) in [4.78, 5) is 11.0. The lowest BCUT2D eigenvalue weighted by Crippen LogP contribution is -2.44. The van der Waals surface area contributed by atoms with Gasteiger partial charge in [0.15, 0.2) is 0 Å². The number of esters is 1. The molecule has 2 nitrogen and oxygen atoms in total. The minimum atomic E-state index is -1.45. The second kappa shape index (κ2) is 6.54. The van der Waals surface area contributed by atoms with Crippen molar-refractivity contribution in [2.24, 2.45) is 0 Å². The van der Waals surface area contributed by atoms with Crippen LogP contribution in [-0.4, -0.2) is 25.1 Å². The Hall–Kier alpha value is -0.0231. The van der Waals surface area contributed by atoms with Crippen molar-refractivity contribution in [2.45, 2.75) is 63.9 Å². The van der Waals surface area contributed by atoms with Crippen molar-refractivity contribution < 1.29 is 9.53 Å². The van der Waals surface area contributed by atoms with Crippen LogP contribution < -0.4 is 0 Å². The molecule has 0 bridgehead atoms. The Morgan fingerprint density at radius 1 is 1.40 bits per heavy atom. The first kappa shape index (κ1) is 15.0. The molecule has 0 aliphatic carbocycles. The van der Waals surface area contributed by atoms with Crippen LogP contribution in [0.25, 0.3) is 0 Å². The summed E-state index contributed by atoms with van der Waals surface area (Å²) in [7, 11) is -1.45. The first-order chi connectivity index (χ1) is 6.79. The van der Waals surface area contributed by atoms with Gasteiger partial charge in [0.25, 0.3) is 0 Å². The van der Waals surface area contributed by atoms with E-state index in [1.807, 2.05) is 0 Å². The Kier molecular flexibility index (Phi) is 6.53. The standard InChI is InChI=1S/C11H23ClO2Si/c1-6-7-8-10(14-9(2)13)11(12)15(3,4)5/h10-11H,6-8H2,1-5H3. The lowest BCUT2D eigenvalue weighted by atomic mass is 10.2. The zero-order chi connectivity index (χ0) is 12.1. The molecule has 0 aromatic carbocycles. The van der Waals surface area contributed by atoms with Crippen molar-refractivity contribution in [3.05, 3.63) is 0 Å². The maximum Gasteiger partial charge on any atom is 0.302 e. The number of hydrogen-bond acceptors (Lipinski definition) is 2. The fraction of sp³-hybridized carbons (Fsp3) is 0.909. The average Bonchev–Trinajstić information content (AvgIpc) is 2.09. The first-order valence-corrected chi connectivity index (χ1v) is 9.61. The minimum Gasteiger partial charge on any atom is -0.461 e. The van der Waals surface area contributed by atoms with Gasteiger partial charge >= 0.3 is 5.97 Å². The van der Waals surface area contributed by atoms with E-state index in [4.69, 9.17) is 16.3 Å². The quantitative estimate of drug-likeness (QED) is 0.409. The molecular weight excluding hydrogens is 228 g/mol. The first-order valence-electron chi connectivity index (χ1n) is 5.60. The van der Waals surface area contributed by atoms with Crippen LogP contribution in [0.1, 0.15) is 33.1 Å². The van der Waals surface area contributed by atoms with Crippen LogP contribution in [0.15, 0.2) is 0 Å². The molecule has 0 saturated carbocycles. The number of unbranched alkanes of at least 4 members (excludes halogenated alkanes) is 1. The fourth-order valence-electron chi connectivity index (χ4n) is 1.44. The number of rotatable bonds is 6. The van der Waals surface area contributed by atoms with Crippen LogP contribution in [0.4, 0.5) is 0 Å². The van der Waals surface area contributed by atoms with Crippen molar-refractivity contribution in [1.29, 1.82) is 0 Å². The van der Waals surface area contributed by atoms with E-state index in [-0.39, 0.29) is 17.1 Å². The molecule has 0 spiro atoms. The topological polar surface area (TPSA) is 26.3 Å². The predicted molar refractivity (Wildman–Crippen MR) is 68.1 cm³/mol. The largest absolute Gasteiger partial charge is 0.461 e. The number of carbonyl (C=O) groups is 1. The molecule has 2 atom stereocenters. The van der Waals surface area contributed by atoms with Gasteiger partial charge in [0, 0.05) is 6.92 Å². The monoisotopic (exact) mass is 250 g/mol. The van der Waals surface area contributed by atoms with Gasteiger partial charge in [-0.25, -0.2) is 0 Å². The Morgan fingerprint density at radius 2 is 1.93 bits per heavy atom. The smallest absolute Gasteiger partial charge is 0.302 e. The molecule has 0 aromatic rings. The highest BCUT2D eigenvalue weighted by Crippen LogP contribution is 2.23. The molecule has 0 fully saturated rings. The Morgan fingerprint density at radius 3 is 2.27 bits per heavy atom. The summed E-state index contributed by atoms with van der Waals surface area (Å²) in [5.41, 5.74) is 0. The molecule has 0 rings (SSSR count). The van der Waals surface area contributed by atoms with Crippen LogP contribution in [0.5, 0.6) is 0 Å². The van der Waals surface area contributed by atoms with Crippen molar-refractivity contribution in [3.8, 4) is 0 Å². The third-order valence-corrected chi connectivity index (χ3v) is 6.58. The maximum atomic E-state index is 11.0. The average molecular weight is 251 g/mol. The molecule has 90 valence electrons. The van der Waals surface area contributed by atoms with E-state index in [0.29, 0.717) is 0 Å². The highest BCUT2D eigenvalue weighted by Gasteiger charge is 2.33. The van der Waals surface area contributed by atoms with Crippen LogP contribution in [0.2, 0.25) is 19.6 Å². The lowest BCUT2D eigenvalue weighted by molar-refractivity contribution is -0.146. The van der Waals surface area contributed by atoms with Crippen molar-refractivity contribution in [2.75, 3.05) is 0 Å². The molecule has 0 heterocycles. The molecular formula is C11H23ClO2Si. The van der Waals surface area contributed by atoms with Gasteiger partial charge in [-0.15, -0.1) is 11.6 Å². The molecule has 0 radical (unpaired) electrons. The normalized spacial score (nSPS) is 15.9. The number of hydrogen-bond donors (Lipinski definition) is 0. The van der Waals surface area contributed by atoms with E-state index in [2.05, 4.69) is 26.6 Å². The van der Waals surface area contributed by atoms with Crippen molar-refractivity contribution in [3.63, 3.8) is 0 Å². The van der Waals surface area contributed by atoms with Crippen molar-refractivity contribution in [1.82, 2.24) is 0 Å². The molecule has 0 amide bonds. The van der Waals surface area contributed by atoms with Crippen LogP contribution in [-0.2, 0) is 9.53 Å². The molecule has 0 saturated heterocycles. The predicted octanol–water partition coefficient (Wildman–Crippen LogP) is 3.59. The summed E-state index contributed by atoms with van der Waals surface area (Å²) < 4.78 is 5.30. The van der Waals surface area contributed by atoms with Gasteiger partial charge in [-0.05, 0) is 6.42 Å². The number of halogens is 1. The second-order valence-corrected chi connectivity index (χ2v) is 11.2. The molecule has 15 heavy (non-hydrogen) atoms. The third kappa shape index (κ3) is 6.20. The summed E-state index contributed by atoms with van der Waals surface area (Å²) in [5, 5.41) is 0.00736. The number of carbonyl (C=O) groups excluding carboxylic acids is 1. The zero-order valence-electron chi connectivity index (χ0n) is 10.5. The zero-order valence-corrected chi connectivity index (χ0v) is 12.2. The Bertz CT molecular complexity index is 201. The van der Waals surface area contributed by atoms with Gasteiger partial charge in [-0.1, -0.05) is 39.4 Å². The Labute approximate surface area is 99.3 Å². The molecule has 0 N–H and O–H groups in total. The summed E-state index contributed by atoms with van der Waals surface area (Å²) in [6, 6.07) is 0. The highest BCUT2D eigenvalue weighted by atomic mass is 35.5. The van der Waals surface area contributed by atoms with E-state index < -0.39 is 8.07 Å². The lowest BCUT2D eigenvalue weighted by Gasteiger charge is -2.30. The van der Waals surface area contributed by atoms with Gasteiger partial charge in [0.2, 0.25) is 0 Å². The van der Waals surface area contributed by atoms with Crippen LogP contribution in [0.3, 0.4) is 0 Å². The minimum absolute atomic E-state index is 0.00736. The van der Waals surface area contributed by atoms with E-state index in [1.165, 1.54) is 6.92 Å². The Balaban J connectivity index is 4.40. The molecule has 2 unspecified atom stereocenters. The van der Waals surface area contributed by atoms with Gasteiger partial charge < -0.3 is 4.74 Å². The van der Waals surface area contributed by atoms with Crippen molar-refractivity contribution >= 4 is 25.6 Å². The summed E-state index contributed by atoms with van der Waals surface area (Å²) in [6.45, 7) is 10.2. The second-order valence-electron chi connectivity index (χ2n) is 5.06. The van der Waals surface area contributed by atoms with Gasteiger partial charge in [-0.2, -0.15) is 0 Å². The summed E-state index contributed by atoms with van der Waals surface area (Å²) in [5.74, 6) is -0.222. The van der Waals surface area contributed by atoms with Gasteiger partial charge in [-0.3, -0.25) is 4.79 Å². The summed E-state index contributed by atoms with van der Waals surface area (Å²) >= 11 is 6.39. The SMILES string of the molecule is CCCCC(OC(C)=O)C(Cl)[Si](C)(C)C. The number of ether oxygens (including phenoxy) is 1. The summed E-state index contributed by atoms with van der Waals surface area (Å²) in [6.07, 6.45) is 2.95. The van der Waals surface area contributed by atoms with Crippen LogP contribution >= 0.6 is 11.6 Å². The molecule has 0 aromatic heterocycles. The van der Waals surface area contributed by atoms with E-state index in [0.717, 1.165) is 19.3 Å². The fourth-order valence-corrected chi connectivity index (χ4v) is 2.97. The maximum absolute atomic E-state index is 11.0. The van der Waals surface area contributed by atoms with E-state index in [9.17, 15) is 4.79 Å². The number of alkyl halides is 1.